The van der Waals surface area contributed by atoms with Crippen molar-refractivity contribution in [3.05, 3.63) is 44.1 Å². The highest BCUT2D eigenvalue weighted by atomic mass is 35.5. The van der Waals surface area contributed by atoms with E-state index in [1.165, 1.54) is 23.3 Å². The molecule has 1 aromatic heterocycles. The van der Waals surface area contributed by atoms with Gasteiger partial charge in [0.1, 0.15) is 0 Å². The van der Waals surface area contributed by atoms with E-state index in [1.807, 2.05) is 6.07 Å². The van der Waals surface area contributed by atoms with Crippen molar-refractivity contribution in [3.63, 3.8) is 0 Å². The van der Waals surface area contributed by atoms with E-state index in [2.05, 4.69) is 6.07 Å². The van der Waals surface area contributed by atoms with Crippen LogP contribution < -0.4 is 15.2 Å². The second kappa shape index (κ2) is 5.87. The highest BCUT2D eigenvalue weighted by Gasteiger charge is 2.22. The van der Waals surface area contributed by atoms with Gasteiger partial charge >= 0.3 is 0 Å². The first kappa shape index (κ1) is 14.7. The van der Waals surface area contributed by atoms with Gasteiger partial charge in [0.05, 0.1) is 20.3 Å². The van der Waals surface area contributed by atoms with E-state index in [0.717, 1.165) is 16.9 Å². The molecule has 0 saturated heterocycles. The number of fused-ring (bicyclic) bond motifs is 1. The van der Waals surface area contributed by atoms with Gasteiger partial charge in [-0.05, 0) is 42.5 Å². The molecule has 0 amide bonds. The quantitative estimate of drug-likeness (QED) is 0.926. The molecule has 2 aromatic rings. The maximum absolute atomic E-state index is 6.42. The van der Waals surface area contributed by atoms with Crippen molar-refractivity contribution in [2.45, 2.75) is 25.3 Å². The SMILES string of the molecule is COc1cc(Cl)c(C(N)c2cc3c(s2)CCC3)cc1OC. The van der Waals surface area contributed by atoms with Gasteiger partial charge in [-0.3, -0.25) is 0 Å². The first-order chi connectivity index (χ1) is 10.1. The lowest BCUT2D eigenvalue weighted by Gasteiger charge is -2.16. The molecule has 3 rings (SSSR count). The van der Waals surface area contributed by atoms with Crippen molar-refractivity contribution >= 4 is 22.9 Å². The van der Waals surface area contributed by atoms with Crippen molar-refractivity contribution in [3.8, 4) is 11.5 Å². The monoisotopic (exact) mass is 323 g/mol. The Hall–Kier alpha value is -1.23. The Bertz CT molecular complexity index is 647. The minimum atomic E-state index is -0.229. The highest BCUT2D eigenvalue weighted by molar-refractivity contribution is 7.12. The Kier molecular flexibility index (Phi) is 4.11. The fraction of sp³-hybridized carbons (Fsp3) is 0.375. The molecule has 1 atom stereocenters. The van der Waals surface area contributed by atoms with Gasteiger partial charge in [-0.1, -0.05) is 11.6 Å². The average molecular weight is 324 g/mol. The van der Waals surface area contributed by atoms with Crippen LogP contribution in [-0.4, -0.2) is 14.2 Å². The van der Waals surface area contributed by atoms with Crippen LogP contribution >= 0.6 is 22.9 Å². The Balaban J connectivity index is 1.98. The number of benzene rings is 1. The molecule has 112 valence electrons. The molecule has 2 N–H and O–H groups in total. The Morgan fingerprint density at radius 1 is 1.14 bits per heavy atom. The number of ether oxygens (including phenoxy) is 2. The third-order valence-corrected chi connectivity index (χ3v) is 5.56. The smallest absolute Gasteiger partial charge is 0.162 e. The summed E-state index contributed by atoms with van der Waals surface area (Å²) in [5, 5.41) is 0.605. The number of nitrogens with two attached hydrogens (primary N) is 1. The molecule has 3 nitrogen and oxygen atoms in total. The average Bonchev–Trinajstić information content (AvgIpc) is 3.07. The molecule has 0 bridgehead atoms. The predicted octanol–water partition coefficient (Wildman–Crippen LogP) is 3.96. The third-order valence-electron chi connectivity index (χ3n) is 3.91. The molecule has 0 spiro atoms. The van der Waals surface area contributed by atoms with Gasteiger partial charge < -0.3 is 15.2 Å². The molecule has 1 heterocycles. The van der Waals surface area contributed by atoms with Crippen LogP contribution in [0.4, 0.5) is 0 Å². The van der Waals surface area contributed by atoms with Crippen LogP contribution in [0.5, 0.6) is 11.5 Å². The molecule has 0 aliphatic heterocycles. The summed E-state index contributed by atoms with van der Waals surface area (Å²) in [5.74, 6) is 1.27. The standard InChI is InChI=1S/C16H18ClNO2S/c1-19-12-7-10(11(17)8-13(12)20-2)16(18)15-6-9-4-3-5-14(9)21-15/h6-8,16H,3-5,18H2,1-2H3. The largest absolute Gasteiger partial charge is 0.493 e. The fourth-order valence-corrected chi connectivity index (χ4v) is 4.32. The van der Waals surface area contributed by atoms with Crippen molar-refractivity contribution < 1.29 is 9.47 Å². The van der Waals surface area contributed by atoms with E-state index < -0.39 is 0 Å². The molecule has 1 unspecified atom stereocenters. The van der Waals surface area contributed by atoms with E-state index in [9.17, 15) is 0 Å². The van der Waals surface area contributed by atoms with Crippen LogP contribution in [0.1, 0.15) is 33.3 Å². The molecule has 0 fully saturated rings. The lowest BCUT2D eigenvalue weighted by molar-refractivity contribution is 0.354. The van der Waals surface area contributed by atoms with Crippen LogP contribution in [0, 0.1) is 0 Å². The second-order valence-electron chi connectivity index (χ2n) is 5.16. The zero-order chi connectivity index (χ0) is 15.0. The van der Waals surface area contributed by atoms with Crippen LogP contribution in [0.25, 0.3) is 0 Å². The van der Waals surface area contributed by atoms with Crippen LogP contribution in [0.2, 0.25) is 5.02 Å². The number of rotatable bonds is 4. The summed E-state index contributed by atoms with van der Waals surface area (Å²) in [6, 6.07) is 5.63. The normalized spacial score (nSPS) is 14.9. The summed E-state index contributed by atoms with van der Waals surface area (Å²) in [5.41, 5.74) is 8.74. The van der Waals surface area contributed by atoms with Gasteiger partial charge in [-0.25, -0.2) is 0 Å². The van der Waals surface area contributed by atoms with Gasteiger partial charge in [0.25, 0.3) is 0 Å². The first-order valence-corrected chi connectivity index (χ1v) is 8.12. The number of halogens is 1. The fourth-order valence-electron chi connectivity index (χ4n) is 2.77. The highest BCUT2D eigenvalue weighted by Crippen LogP contribution is 2.40. The van der Waals surface area contributed by atoms with E-state index in [0.29, 0.717) is 16.5 Å². The number of thiophene rings is 1. The zero-order valence-electron chi connectivity index (χ0n) is 12.1. The summed E-state index contributed by atoms with van der Waals surface area (Å²) in [6.45, 7) is 0. The van der Waals surface area contributed by atoms with Gasteiger partial charge in [0, 0.05) is 20.8 Å². The Morgan fingerprint density at radius 2 is 1.86 bits per heavy atom. The van der Waals surface area contributed by atoms with E-state index in [4.69, 9.17) is 26.8 Å². The number of aryl methyl sites for hydroxylation is 2. The summed E-state index contributed by atoms with van der Waals surface area (Å²) in [6.07, 6.45) is 3.60. The van der Waals surface area contributed by atoms with Gasteiger partial charge in [0.15, 0.2) is 11.5 Å². The van der Waals surface area contributed by atoms with E-state index in [-0.39, 0.29) is 6.04 Å². The summed E-state index contributed by atoms with van der Waals surface area (Å²) in [4.78, 5) is 2.63. The Labute approximate surface area is 133 Å². The van der Waals surface area contributed by atoms with Crippen molar-refractivity contribution in [2.75, 3.05) is 14.2 Å². The second-order valence-corrected chi connectivity index (χ2v) is 6.73. The maximum atomic E-state index is 6.42. The van der Waals surface area contributed by atoms with E-state index >= 15 is 0 Å². The van der Waals surface area contributed by atoms with Gasteiger partial charge in [0.2, 0.25) is 0 Å². The Morgan fingerprint density at radius 3 is 2.52 bits per heavy atom. The molecule has 0 saturated carbocycles. The topological polar surface area (TPSA) is 44.5 Å². The molecule has 1 aromatic carbocycles. The number of hydrogen-bond donors (Lipinski definition) is 1. The molecule has 1 aliphatic rings. The minimum Gasteiger partial charge on any atom is -0.493 e. The van der Waals surface area contributed by atoms with Crippen molar-refractivity contribution in [1.82, 2.24) is 0 Å². The summed E-state index contributed by atoms with van der Waals surface area (Å²) >= 11 is 8.17. The lowest BCUT2D eigenvalue weighted by atomic mass is 10.0. The molecule has 0 radical (unpaired) electrons. The van der Waals surface area contributed by atoms with Crippen molar-refractivity contribution in [2.24, 2.45) is 5.73 Å². The van der Waals surface area contributed by atoms with Crippen LogP contribution in [0.3, 0.4) is 0 Å². The summed E-state index contributed by atoms with van der Waals surface area (Å²) in [7, 11) is 3.21. The molecule has 1 aliphatic carbocycles. The predicted molar refractivity (Wildman–Crippen MR) is 86.9 cm³/mol. The van der Waals surface area contributed by atoms with Crippen LogP contribution in [0.15, 0.2) is 18.2 Å². The lowest BCUT2D eigenvalue weighted by Crippen LogP contribution is -2.11. The van der Waals surface area contributed by atoms with Crippen LogP contribution in [-0.2, 0) is 12.8 Å². The summed E-state index contributed by atoms with van der Waals surface area (Å²) < 4.78 is 10.6. The zero-order valence-corrected chi connectivity index (χ0v) is 13.7. The maximum Gasteiger partial charge on any atom is 0.162 e. The molecular formula is C16H18ClNO2S. The number of methoxy groups -OCH3 is 2. The molecule has 21 heavy (non-hydrogen) atoms. The number of hydrogen-bond acceptors (Lipinski definition) is 4. The first-order valence-electron chi connectivity index (χ1n) is 6.92. The minimum absolute atomic E-state index is 0.229. The van der Waals surface area contributed by atoms with Gasteiger partial charge in [-0.15, -0.1) is 11.3 Å². The van der Waals surface area contributed by atoms with E-state index in [1.54, 1.807) is 31.6 Å². The van der Waals surface area contributed by atoms with Gasteiger partial charge in [-0.2, -0.15) is 0 Å². The third kappa shape index (κ3) is 2.63. The molecular weight excluding hydrogens is 306 g/mol. The molecule has 5 heteroatoms. The van der Waals surface area contributed by atoms with Crippen molar-refractivity contribution in [1.29, 1.82) is 0 Å².